The third-order valence-corrected chi connectivity index (χ3v) is 3.46. The Morgan fingerprint density at radius 2 is 2.14 bits per heavy atom. The van der Waals surface area contributed by atoms with E-state index in [0.717, 1.165) is 19.5 Å². The van der Waals surface area contributed by atoms with Crippen LogP contribution in [0.4, 0.5) is 0 Å². The maximum absolute atomic E-state index is 11.3. The average molecular weight is 197 g/mol. The number of ketones is 1. The van der Waals surface area contributed by atoms with Gasteiger partial charge >= 0.3 is 0 Å². The lowest BCUT2D eigenvalue weighted by Crippen LogP contribution is -2.39. The van der Waals surface area contributed by atoms with E-state index >= 15 is 0 Å². The number of ether oxygens (including phenoxy) is 2. The maximum Gasteiger partial charge on any atom is 0.182 e. The minimum Gasteiger partial charge on any atom is -0.346 e. The van der Waals surface area contributed by atoms with E-state index in [1.807, 2.05) is 0 Å². The highest BCUT2D eigenvalue weighted by Crippen LogP contribution is 2.37. The zero-order chi connectivity index (χ0) is 9.60. The molecule has 14 heavy (non-hydrogen) atoms. The first kappa shape index (κ1) is 8.83. The minimum absolute atomic E-state index is 0.366. The number of nitrogens with zero attached hydrogens (tertiary/aromatic N) is 1. The first-order chi connectivity index (χ1) is 6.77. The van der Waals surface area contributed by atoms with Crippen molar-refractivity contribution in [3.63, 3.8) is 0 Å². The Balaban J connectivity index is 1.75. The molecule has 4 nitrogen and oxygen atoms in total. The van der Waals surface area contributed by atoms with E-state index in [9.17, 15) is 4.79 Å². The van der Waals surface area contributed by atoms with Crippen molar-refractivity contribution in [1.29, 1.82) is 0 Å². The number of fused-ring (bicyclic) bond motifs is 1. The fourth-order valence-corrected chi connectivity index (χ4v) is 2.79. The molecule has 3 heterocycles. The third-order valence-electron chi connectivity index (χ3n) is 3.46. The van der Waals surface area contributed by atoms with Gasteiger partial charge in [-0.2, -0.15) is 0 Å². The molecule has 0 bridgehead atoms. The number of rotatable bonds is 0. The maximum atomic E-state index is 11.3. The van der Waals surface area contributed by atoms with Gasteiger partial charge in [0.05, 0.1) is 19.8 Å². The molecule has 0 radical (unpaired) electrons. The molecule has 1 atom stereocenters. The van der Waals surface area contributed by atoms with Crippen LogP contribution in [0.1, 0.15) is 19.3 Å². The van der Waals surface area contributed by atoms with E-state index < -0.39 is 0 Å². The highest BCUT2D eigenvalue weighted by Gasteiger charge is 2.49. The molecule has 0 amide bonds. The first-order valence-electron chi connectivity index (χ1n) is 5.31. The van der Waals surface area contributed by atoms with Gasteiger partial charge in [0.1, 0.15) is 5.78 Å². The van der Waals surface area contributed by atoms with Crippen LogP contribution in [0.2, 0.25) is 0 Å². The molecule has 3 saturated heterocycles. The van der Waals surface area contributed by atoms with Gasteiger partial charge in [-0.1, -0.05) is 0 Å². The summed E-state index contributed by atoms with van der Waals surface area (Å²) in [5, 5.41) is 0. The molecule has 4 heteroatoms. The van der Waals surface area contributed by atoms with Crippen molar-refractivity contribution in [2.75, 3.05) is 26.3 Å². The molecule has 1 spiro atoms. The Morgan fingerprint density at radius 3 is 2.93 bits per heavy atom. The van der Waals surface area contributed by atoms with E-state index in [1.54, 1.807) is 0 Å². The molecule has 0 N–H and O–H groups in total. The fraction of sp³-hybridized carbons (Fsp3) is 0.900. The predicted molar refractivity (Wildman–Crippen MR) is 48.9 cm³/mol. The van der Waals surface area contributed by atoms with Crippen LogP contribution < -0.4 is 0 Å². The van der Waals surface area contributed by atoms with Gasteiger partial charge < -0.3 is 9.47 Å². The van der Waals surface area contributed by atoms with Crippen molar-refractivity contribution in [1.82, 2.24) is 4.90 Å². The normalized spacial score (nSPS) is 36.6. The Hall–Kier alpha value is -0.450. The quantitative estimate of drug-likeness (QED) is 0.555. The van der Waals surface area contributed by atoms with Gasteiger partial charge in [-0.25, -0.2) is 0 Å². The standard InChI is InChI=1S/C10H15NO3/c12-9-1-2-11-7-10(6-8(11)5-9)13-3-4-14-10/h8H,1-7H2/t8-/m1/s1. The van der Waals surface area contributed by atoms with Crippen LogP contribution in [0.25, 0.3) is 0 Å². The van der Waals surface area contributed by atoms with Gasteiger partial charge in [0.25, 0.3) is 0 Å². The summed E-state index contributed by atoms with van der Waals surface area (Å²) in [6, 6.07) is 0.370. The van der Waals surface area contributed by atoms with Gasteiger partial charge in [-0.3, -0.25) is 9.69 Å². The molecule has 0 aromatic rings. The third kappa shape index (κ3) is 1.29. The van der Waals surface area contributed by atoms with Gasteiger partial charge in [-0.15, -0.1) is 0 Å². The lowest BCUT2D eigenvalue weighted by Gasteiger charge is -2.27. The summed E-state index contributed by atoms with van der Waals surface area (Å²) >= 11 is 0. The number of hydrogen-bond acceptors (Lipinski definition) is 4. The number of carbonyl (C=O) groups is 1. The number of hydrogen-bond donors (Lipinski definition) is 0. The molecule has 78 valence electrons. The largest absolute Gasteiger partial charge is 0.346 e. The molecule has 3 rings (SSSR count). The van der Waals surface area contributed by atoms with Gasteiger partial charge in [0, 0.05) is 31.8 Å². The molecule has 0 aromatic carbocycles. The molecule has 0 aliphatic carbocycles. The Labute approximate surface area is 83.2 Å². The highest BCUT2D eigenvalue weighted by molar-refractivity contribution is 5.80. The lowest BCUT2D eigenvalue weighted by atomic mass is 10.0. The van der Waals surface area contributed by atoms with Crippen LogP contribution in [0.5, 0.6) is 0 Å². The van der Waals surface area contributed by atoms with Crippen LogP contribution in [-0.2, 0) is 14.3 Å². The molecule has 0 unspecified atom stereocenters. The Bertz CT molecular complexity index is 260. The van der Waals surface area contributed by atoms with E-state index in [-0.39, 0.29) is 5.79 Å². The van der Waals surface area contributed by atoms with Crippen molar-refractivity contribution >= 4 is 5.78 Å². The molecule has 3 fully saturated rings. The topological polar surface area (TPSA) is 38.8 Å². The summed E-state index contributed by atoms with van der Waals surface area (Å²) in [6.45, 7) is 3.14. The van der Waals surface area contributed by atoms with E-state index in [1.165, 1.54) is 0 Å². The summed E-state index contributed by atoms with van der Waals surface area (Å²) in [5.41, 5.74) is 0. The van der Waals surface area contributed by atoms with Gasteiger partial charge in [0.15, 0.2) is 5.79 Å². The highest BCUT2D eigenvalue weighted by atomic mass is 16.7. The van der Waals surface area contributed by atoms with Crippen molar-refractivity contribution in [3.05, 3.63) is 0 Å². The Kier molecular flexibility index (Phi) is 1.90. The number of Topliss-reactive ketones (excluding diaryl/α,β-unsaturated/α-hetero) is 1. The second-order valence-electron chi connectivity index (χ2n) is 4.43. The zero-order valence-electron chi connectivity index (χ0n) is 8.20. The molecule has 3 aliphatic rings. The molecular formula is C10H15NO3. The second-order valence-corrected chi connectivity index (χ2v) is 4.43. The molecule has 3 aliphatic heterocycles. The summed E-state index contributed by atoms with van der Waals surface area (Å²) in [4.78, 5) is 13.6. The SMILES string of the molecule is O=C1CCN2CC3(C[C@H]2C1)OCCO3. The van der Waals surface area contributed by atoms with E-state index in [2.05, 4.69) is 4.90 Å². The number of carbonyl (C=O) groups excluding carboxylic acids is 1. The first-order valence-corrected chi connectivity index (χ1v) is 5.31. The van der Waals surface area contributed by atoms with Crippen LogP contribution in [0, 0.1) is 0 Å². The molecule has 0 saturated carbocycles. The van der Waals surface area contributed by atoms with Crippen molar-refractivity contribution in [2.45, 2.75) is 31.1 Å². The Morgan fingerprint density at radius 1 is 1.36 bits per heavy atom. The summed E-state index contributed by atoms with van der Waals surface area (Å²) < 4.78 is 11.3. The minimum atomic E-state index is -0.366. The van der Waals surface area contributed by atoms with Gasteiger partial charge in [0.2, 0.25) is 0 Å². The molecular weight excluding hydrogens is 182 g/mol. The van der Waals surface area contributed by atoms with Crippen LogP contribution in [0.3, 0.4) is 0 Å². The van der Waals surface area contributed by atoms with Crippen molar-refractivity contribution < 1.29 is 14.3 Å². The zero-order valence-corrected chi connectivity index (χ0v) is 8.20. The second kappa shape index (κ2) is 3.02. The summed E-state index contributed by atoms with van der Waals surface area (Å²) in [5.74, 6) is 0.0243. The van der Waals surface area contributed by atoms with Crippen LogP contribution >= 0.6 is 0 Å². The predicted octanol–water partition coefficient (Wildman–Crippen LogP) is 0.167. The van der Waals surface area contributed by atoms with Crippen molar-refractivity contribution in [2.24, 2.45) is 0 Å². The summed E-state index contributed by atoms with van der Waals surface area (Å²) in [6.07, 6.45) is 2.26. The summed E-state index contributed by atoms with van der Waals surface area (Å²) in [7, 11) is 0. The van der Waals surface area contributed by atoms with E-state index in [4.69, 9.17) is 9.47 Å². The van der Waals surface area contributed by atoms with Crippen LogP contribution in [0.15, 0.2) is 0 Å². The van der Waals surface area contributed by atoms with Gasteiger partial charge in [-0.05, 0) is 0 Å². The smallest absolute Gasteiger partial charge is 0.182 e. The number of piperidine rings is 1. The fourth-order valence-electron chi connectivity index (χ4n) is 2.79. The lowest BCUT2D eigenvalue weighted by molar-refractivity contribution is -0.145. The van der Waals surface area contributed by atoms with E-state index in [0.29, 0.717) is 37.9 Å². The molecule has 0 aromatic heterocycles. The average Bonchev–Trinajstić information content (AvgIpc) is 2.72. The monoisotopic (exact) mass is 197 g/mol. The van der Waals surface area contributed by atoms with Crippen LogP contribution in [-0.4, -0.2) is 48.8 Å². The van der Waals surface area contributed by atoms with Crippen molar-refractivity contribution in [3.8, 4) is 0 Å².